The molecule has 1 heterocycles. The molecule has 6 nitrogen and oxygen atoms in total. The SMILES string of the molecule is CN1CCN(C(=O)CC2(CC(=O)O)CCCCC2)CC1=O. The normalized spacial score (nSPS) is 22.2. The second-order valence-electron chi connectivity index (χ2n) is 6.44. The first-order chi connectivity index (χ1) is 9.92. The molecule has 0 radical (unpaired) electrons. The Balaban J connectivity index is 2.01. The highest BCUT2D eigenvalue weighted by molar-refractivity contribution is 5.86. The van der Waals surface area contributed by atoms with Gasteiger partial charge in [-0.25, -0.2) is 0 Å². The summed E-state index contributed by atoms with van der Waals surface area (Å²) in [7, 11) is 1.73. The molecular weight excluding hydrogens is 272 g/mol. The summed E-state index contributed by atoms with van der Waals surface area (Å²) >= 11 is 0. The Morgan fingerprint density at radius 1 is 1.14 bits per heavy atom. The molecule has 1 aliphatic carbocycles. The third-order valence-electron chi connectivity index (χ3n) is 4.78. The second kappa shape index (κ2) is 6.45. The summed E-state index contributed by atoms with van der Waals surface area (Å²) in [6, 6.07) is 0. The van der Waals surface area contributed by atoms with Gasteiger partial charge in [-0.15, -0.1) is 0 Å². The number of hydrogen-bond donors (Lipinski definition) is 1. The third kappa shape index (κ3) is 3.95. The predicted molar refractivity (Wildman–Crippen MR) is 76.6 cm³/mol. The van der Waals surface area contributed by atoms with E-state index in [1.807, 2.05) is 0 Å². The van der Waals surface area contributed by atoms with Crippen molar-refractivity contribution < 1.29 is 19.5 Å². The molecule has 0 unspecified atom stereocenters. The molecule has 1 saturated carbocycles. The van der Waals surface area contributed by atoms with Crippen molar-refractivity contribution in [2.75, 3.05) is 26.7 Å². The van der Waals surface area contributed by atoms with Crippen LogP contribution in [-0.2, 0) is 14.4 Å². The van der Waals surface area contributed by atoms with Gasteiger partial charge in [0.15, 0.2) is 0 Å². The van der Waals surface area contributed by atoms with Gasteiger partial charge in [-0.05, 0) is 18.3 Å². The van der Waals surface area contributed by atoms with Crippen LogP contribution in [-0.4, -0.2) is 59.4 Å². The molecule has 1 aliphatic heterocycles. The average Bonchev–Trinajstić information content (AvgIpc) is 2.41. The quantitative estimate of drug-likeness (QED) is 0.842. The van der Waals surface area contributed by atoms with Gasteiger partial charge < -0.3 is 14.9 Å². The van der Waals surface area contributed by atoms with E-state index in [0.717, 1.165) is 32.1 Å². The van der Waals surface area contributed by atoms with E-state index in [2.05, 4.69) is 0 Å². The summed E-state index contributed by atoms with van der Waals surface area (Å²) in [5.74, 6) is -0.954. The summed E-state index contributed by atoms with van der Waals surface area (Å²) in [6.45, 7) is 1.22. The summed E-state index contributed by atoms with van der Waals surface area (Å²) in [5, 5.41) is 9.15. The summed E-state index contributed by atoms with van der Waals surface area (Å²) in [5.41, 5.74) is -0.409. The van der Waals surface area contributed by atoms with Gasteiger partial charge in [-0.1, -0.05) is 19.3 Å². The molecule has 118 valence electrons. The van der Waals surface area contributed by atoms with Crippen LogP contribution in [0.25, 0.3) is 0 Å². The van der Waals surface area contributed by atoms with Gasteiger partial charge in [0.1, 0.15) is 0 Å². The number of hydrogen-bond acceptors (Lipinski definition) is 3. The van der Waals surface area contributed by atoms with E-state index < -0.39 is 11.4 Å². The zero-order chi connectivity index (χ0) is 15.5. The van der Waals surface area contributed by atoms with Crippen molar-refractivity contribution in [3.05, 3.63) is 0 Å². The van der Waals surface area contributed by atoms with Crippen LogP contribution < -0.4 is 0 Å². The molecule has 21 heavy (non-hydrogen) atoms. The van der Waals surface area contributed by atoms with Crippen LogP contribution in [0.1, 0.15) is 44.9 Å². The fourth-order valence-electron chi connectivity index (χ4n) is 3.44. The van der Waals surface area contributed by atoms with E-state index in [4.69, 9.17) is 5.11 Å². The van der Waals surface area contributed by atoms with Gasteiger partial charge in [-0.2, -0.15) is 0 Å². The van der Waals surface area contributed by atoms with Crippen molar-refractivity contribution in [3.8, 4) is 0 Å². The van der Waals surface area contributed by atoms with Crippen molar-refractivity contribution in [1.82, 2.24) is 9.80 Å². The molecule has 2 amide bonds. The lowest BCUT2D eigenvalue weighted by molar-refractivity contribution is -0.148. The molecule has 1 N–H and O–H groups in total. The van der Waals surface area contributed by atoms with E-state index in [9.17, 15) is 14.4 Å². The largest absolute Gasteiger partial charge is 0.481 e. The first-order valence-corrected chi connectivity index (χ1v) is 7.65. The molecular formula is C15H24N2O4. The van der Waals surface area contributed by atoms with Gasteiger partial charge in [0.2, 0.25) is 11.8 Å². The Morgan fingerprint density at radius 2 is 1.81 bits per heavy atom. The van der Waals surface area contributed by atoms with Crippen LogP contribution in [0.4, 0.5) is 0 Å². The minimum Gasteiger partial charge on any atom is -0.481 e. The maximum absolute atomic E-state index is 12.5. The number of nitrogens with zero attached hydrogens (tertiary/aromatic N) is 2. The molecule has 0 aromatic heterocycles. The van der Waals surface area contributed by atoms with Crippen LogP contribution in [0.15, 0.2) is 0 Å². The Morgan fingerprint density at radius 3 is 2.38 bits per heavy atom. The zero-order valence-electron chi connectivity index (χ0n) is 12.6. The van der Waals surface area contributed by atoms with Crippen molar-refractivity contribution in [1.29, 1.82) is 0 Å². The smallest absolute Gasteiger partial charge is 0.303 e. The van der Waals surface area contributed by atoms with Crippen LogP contribution in [0.3, 0.4) is 0 Å². The Bertz CT molecular complexity index is 429. The van der Waals surface area contributed by atoms with Crippen molar-refractivity contribution in [2.45, 2.75) is 44.9 Å². The standard InChI is InChI=1S/C15H24N2O4/c1-16-7-8-17(11-13(16)19)12(18)9-15(10-14(20)21)5-3-2-4-6-15/h2-11H2,1H3,(H,20,21). The highest BCUT2D eigenvalue weighted by Crippen LogP contribution is 2.42. The second-order valence-corrected chi connectivity index (χ2v) is 6.44. The summed E-state index contributed by atoms with van der Waals surface area (Å²) in [6.07, 6.45) is 5.00. The van der Waals surface area contributed by atoms with Crippen molar-refractivity contribution in [2.24, 2.45) is 5.41 Å². The highest BCUT2D eigenvalue weighted by atomic mass is 16.4. The first-order valence-electron chi connectivity index (χ1n) is 7.65. The average molecular weight is 296 g/mol. The molecule has 6 heteroatoms. The summed E-state index contributed by atoms with van der Waals surface area (Å²) < 4.78 is 0. The highest BCUT2D eigenvalue weighted by Gasteiger charge is 2.38. The molecule has 0 bridgehead atoms. The molecule has 2 aliphatic rings. The Kier molecular flexibility index (Phi) is 4.85. The van der Waals surface area contributed by atoms with E-state index in [-0.39, 0.29) is 31.2 Å². The van der Waals surface area contributed by atoms with E-state index in [0.29, 0.717) is 13.1 Å². The minimum atomic E-state index is -0.834. The van der Waals surface area contributed by atoms with E-state index in [1.54, 1.807) is 16.8 Å². The lowest BCUT2D eigenvalue weighted by Gasteiger charge is -2.38. The Hall–Kier alpha value is -1.59. The molecule has 0 spiro atoms. The molecule has 2 rings (SSSR count). The van der Waals surface area contributed by atoms with Crippen LogP contribution in [0.5, 0.6) is 0 Å². The first kappa shape index (κ1) is 15.8. The van der Waals surface area contributed by atoms with Gasteiger partial charge >= 0.3 is 5.97 Å². The Labute approximate surface area is 125 Å². The molecule has 1 saturated heterocycles. The van der Waals surface area contributed by atoms with Crippen LogP contribution in [0, 0.1) is 5.41 Å². The number of carboxylic acids is 1. The van der Waals surface area contributed by atoms with Crippen LogP contribution >= 0.6 is 0 Å². The number of amides is 2. The number of carbonyl (C=O) groups excluding carboxylic acids is 2. The lowest BCUT2D eigenvalue weighted by atomic mass is 9.69. The van der Waals surface area contributed by atoms with Crippen LogP contribution in [0.2, 0.25) is 0 Å². The number of piperazine rings is 1. The van der Waals surface area contributed by atoms with Gasteiger partial charge in [0, 0.05) is 26.6 Å². The van der Waals surface area contributed by atoms with E-state index in [1.165, 1.54) is 0 Å². The number of aliphatic carboxylic acids is 1. The minimum absolute atomic E-state index is 0.0504. The third-order valence-corrected chi connectivity index (χ3v) is 4.78. The number of rotatable bonds is 4. The fraction of sp³-hybridized carbons (Fsp3) is 0.800. The van der Waals surface area contributed by atoms with Crippen molar-refractivity contribution >= 4 is 17.8 Å². The number of likely N-dealkylation sites (N-methyl/N-ethyl adjacent to an activating group) is 1. The van der Waals surface area contributed by atoms with Gasteiger partial charge in [0.05, 0.1) is 13.0 Å². The monoisotopic (exact) mass is 296 g/mol. The zero-order valence-corrected chi connectivity index (χ0v) is 12.6. The maximum Gasteiger partial charge on any atom is 0.303 e. The lowest BCUT2D eigenvalue weighted by Crippen LogP contribution is -2.51. The van der Waals surface area contributed by atoms with Crippen molar-refractivity contribution in [3.63, 3.8) is 0 Å². The molecule has 2 fully saturated rings. The number of carboxylic acid groups (broad SMARTS) is 1. The maximum atomic E-state index is 12.5. The van der Waals surface area contributed by atoms with Gasteiger partial charge in [0.25, 0.3) is 0 Å². The van der Waals surface area contributed by atoms with E-state index >= 15 is 0 Å². The predicted octanol–water partition coefficient (Wildman–Crippen LogP) is 1.10. The van der Waals surface area contributed by atoms with Gasteiger partial charge in [-0.3, -0.25) is 14.4 Å². The molecule has 0 atom stereocenters. The number of carbonyl (C=O) groups is 3. The molecule has 0 aromatic rings. The fourth-order valence-corrected chi connectivity index (χ4v) is 3.44. The summed E-state index contributed by atoms with van der Waals surface area (Å²) in [4.78, 5) is 38.5. The topological polar surface area (TPSA) is 77.9 Å². The molecule has 0 aromatic carbocycles.